The van der Waals surface area contributed by atoms with Crippen molar-refractivity contribution in [1.29, 1.82) is 0 Å². The molecular weight excluding hydrogens is 312 g/mol. The van der Waals surface area contributed by atoms with E-state index in [0.29, 0.717) is 5.95 Å². The van der Waals surface area contributed by atoms with Crippen molar-refractivity contribution < 1.29 is 4.52 Å². The van der Waals surface area contributed by atoms with Gasteiger partial charge < -0.3 is 10.3 Å². The van der Waals surface area contributed by atoms with E-state index in [0.717, 1.165) is 48.1 Å². The molecule has 1 saturated heterocycles. The molecule has 4 rings (SSSR count). The van der Waals surface area contributed by atoms with Gasteiger partial charge in [-0.1, -0.05) is 11.2 Å². The average Bonchev–Trinajstić information content (AvgIpc) is 3.29. The van der Waals surface area contributed by atoms with E-state index in [4.69, 9.17) is 10.3 Å². The highest BCUT2D eigenvalue weighted by molar-refractivity contribution is 7.13. The van der Waals surface area contributed by atoms with Crippen LogP contribution in [0.25, 0.3) is 10.6 Å². The van der Waals surface area contributed by atoms with Gasteiger partial charge in [0, 0.05) is 19.7 Å². The Bertz CT molecular complexity index is 773. The number of rotatable bonds is 4. The topological polar surface area (TPSA) is 86.0 Å². The fourth-order valence-electron chi connectivity index (χ4n) is 3.00. The van der Waals surface area contributed by atoms with Crippen LogP contribution in [0.1, 0.15) is 30.4 Å². The van der Waals surface area contributed by atoms with Crippen LogP contribution >= 0.6 is 11.3 Å². The summed E-state index contributed by atoms with van der Waals surface area (Å²) in [5, 5.41) is 10.7. The third-order valence-corrected chi connectivity index (χ3v) is 5.05. The van der Waals surface area contributed by atoms with Crippen LogP contribution in [0.4, 0.5) is 5.95 Å². The summed E-state index contributed by atoms with van der Waals surface area (Å²) in [4.78, 5) is 7.81. The second-order valence-corrected chi connectivity index (χ2v) is 6.69. The molecule has 1 fully saturated rings. The Hall–Kier alpha value is -2.19. The average molecular weight is 330 g/mol. The second-order valence-electron chi connectivity index (χ2n) is 5.74. The van der Waals surface area contributed by atoms with Crippen LogP contribution in [0.2, 0.25) is 0 Å². The maximum absolute atomic E-state index is 5.81. The van der Waals surface area contributed by atoms with Crippen LogP contribution in [0.5, 0.6) is 0 Å². The molecule has 1 aliphatic heterocycles. The van der Waals surface area contributed by atoms with Crippen LogP contribution in [0.15, 0.2) is 28.1 Å². The number of thiophene rings is 1. The molecule has 0 radical (unpaired) electrons. The van der Waals surface area contributed by atoms with Gasteiger partial charge in [-0.25, -0.2) is 4.68 Å². The van der Waals surface area contributed by atoms with E-state index in [1.54, 1.807) is 16.0 Å². The summed E-state index contributed by atoms with van der Waals surface area (Å²) in [7, 11) is 1.82. The molecule has 0 aliphatic carbocycles. The van der Waals surface area contributed by atoms with E-state index in [9.17, 15) is 0 Å². The van der Waals surface area contributed by atoms with Crippen molar-refractivity contribution >= 4 is 17.3 Å². The minimum absolute atomic E-state index is 0.195. The second kappa shape index (κ2) is 5.78. The number of hydrogen-bond donors (Lipinski definition) is 1. The van der Waals surface area contributed by atoms with Gasteiger partial charge in [-0.2, -0.15) is 10.1 Å². The molecule has 0 bridgehead atoms. The molecule has 0 aromatic carbocycles. The number of aryl methyl sites for hydroxylation is 1. The van der Waals surface area contributed by atoms with E-state index < -0.39 is 0 Å². The number of likely N-dealkylation sites (tertiary alicyclic amines) is 1. The zero-order chi connectivity index (χ0) is 15.8. The Balaban J connectivity index is 1.51. The molecule has 2 N–H and O–H groups in total. The van der Waals surface area contributed by atoms with Gasteiger partial charge in [-0.15, -0.1) is 11.3 Å². The van der Waals surface area contributed by atoms with E-state index in [1.807, 2.05) is 30.6 Å². The summed E-state index contributed by atoms with van der Waals surface area (Å²) in [5.41, 5.74) is 6.74. The minimum atomic E-state index is 0.195. The first-order valence-electron chi connectivity index (χ1n) is 7.60. The standard InChI is InChI=1S/C15H18N6OS/c1-20-15(16)17-14(18-20)11-4-2-6-21(11)9-10-8-12(22-19-10)13-5-3-7-23-13/h3,5,7-8,11H,2,4,6,9H2,1H3,(H2,16,17,18). The van der Waals surface area contributed by atoms with Crippen LogP contribution < -0.4 is 5.73 Å². The quantitative estimate of drug-likeness (QED) is 0.791. The first-order chi connectivity index (χ1) is 11.2. The lowest BCUT2D eigenvalue weighted by molar-refractivity contribution is 0.232. The van der Waals surface area contributed by atoms with Crippen molar-refractivity contribution in [2.75, 3.05) is 12.3 Å². The predicted molar refractivity (Wildman–Crippen MR) is 87.6 cm³/mol. The third-order valence-electron chi connectivity index (χ3n) is 4.16. The molecule has 3 aromatic heterocycles. The van der Waals surface area contributed by atoms with Gasteiger partial charge in [0.15, 0.2) is 11.6 Å². The Morgan fingerprint density at radius 2 is 2.39 bits per heavy atom. The lowest BCUT2D eigenvalue weighted by Crippen LogP contribution is -2.23. The number of nitrogens with two attached hydrogens (primary N) is 1. The third kappa shape index (κ3) is 2.75. The van der Waals surface area contributed by atoms with Crippen molar-refractivity contribution in [3.8, 4) is 10.6 Å². The molecule has 7 nitrogen and oxygen atoms in total. The fourth-order valence-corrected chi connectivity index (χ4v) is 3.67. The molecule has 120 valence electrons. The first-order valence-corrected chi connectivity index (χ1v) is 8.48. The summed E-state index contributed by atoms with van der Waals surface area (Å²) in [6, 6.07) is 6.26. The number of hydrogen-bond acceptors (Lipinski definition) is 7. The highest BCUT2D eigenvalue weighted by Crippen LogP contribution is 2.32. The van der Waals surface area contributed by atoms with Gasteiger partial charge in [0.25, 0.3) is 0 Å². The summed E-state index contributed by atoms with van der Waals surface area (Å²) in [5.74, 6) is 2.07. The Kier molecular flexibility index (Phi) is 3.62. The Morgan fingerprint density at radius 3 is 3.13 bits per heavy atom. The number of nitrogen functional groups attached to an aromatic ring is 1. The lowest BCUT2D eigenvalue weighted by atomic mass is 10.2. The van der Waals surface area contributed by atoms with Crippen molar-refractivity contribution in [2.24, 2.45) is 7.05 Å². The van der Waals surface area contributed by atoms with Gasteiger partial charge in [-0.3, -0.25) is 4.90 Å². The Morgan fingerprint density at radius 1 is 1.48 bits per heavy atom. The SMILES string of the molecule is Cn1nc(C2CCCN2Cc2cc(-c3cccs3)on2)nc1N. The van der Waals surface area contributed by atoms with Gasteiger partial charge in [0.2, 0.25) is 5.95 Å². The molecule has 1 atom stereocenters. The highest BCUT2D eigenvalue weighted by Gasteiger charge is 2.30. The molecule has 3 aromatic rings. The van der Waals surface area contributed by atoms with Gasteiger partial charge in [-0.05, 0) is 30.8 Å². The monoisotopic (exact) mass is 330 g/mol. The first kappa shape index (κ1) is 14.4. The molecule has 0 spiro atoms. The van der Waals surface area contributed by atoms with Gasteiger partial charge >= 0.3 is 0 Å². The summed E-state index contributed by atoms with van der Waals surface area (Å²) < 4.78 is 7.08. The molecule has 0 saturated carbocycles. The lowest BCUT2D eigenvalue weighted by Gasteiger charge is -2.20. The Labute approximate surface area is 137 Å². The maximum atomic E-state index is 5.81. The zero-order valence-electron chi connectivity index (χ0n) is 12.8. The summed E-state index contributed by atoms with van der Waals surface area (Å²) in [6.45, 7) is 1.74. The fraction of sp³-hybridized carbons (Fsp3) is 0.400. The zero-order valence-corrected chi connectivity index (χ0v) is 13.7. The largest absolute Gasteiger partial charge is 0.368 e. The normalized spacial score (nSPS) is 18.7. The predicted octanol–water partition coefficient (Wildman–Crippen LogP) is 2.45. The van der Waals surface area contributed by atoms with Crippen LogP contribution in [0.3, 0.4) is 0 Å². The van der Waals surface area contributed by atoms with E-state index in [-0.39, 0.29) is 6.04 Å². The van der Waals surface area contributed by atoms with Crippen LogP contribution in [0, 0.1) is 0 Å². The van der Waals surface area contributed by atoms with Crippen molar-refractivity contribution in [3.63, 3.8) is 0 Å². The van der Waals surface area contributed by atoms with Crippen molar-refractivity contribution in [2.45, 2.75) is 25.4 Å². The molecule has 1 unspecified atom stereocenters. The van der Waals surface area contributed by atoms with Gasteiger partial charge in [0.05, 0.1) is 16.6 Å². The number of nitrogens with zero attached hydrogens (tertiary/aromatic N) is 5. The maximum Gasteiger partial charge on any atom is 0.218 e. The minimum Gasteiger partial charge on any atom is -0.368 e. The molecule has 1 aliphatic rings. The van der Waals surface area contributed by atoms with Crippen molar-refractivity contribution in [3.05, 3.63) is 35.1 Å². The number of anilines is 1. The smallest absolute Gasteiger partial charge is 0.218 e. The summed E-state index contributed by atoms with van der Waals surface area (Å²) >= 11 is 1.65. The van der Waals surface area contributed by atoms with E-state index in [1.165, 1.54) is 0 Å². The molecule has 8 heteroatoms. The van der Waals surface area contributed by atoms with E-state index in [2.05, 4.69) is 20.1 Å². The van der Waals surface area contributed by atoms with Gasteiger partial charge in [0.1, 0.15) is 0 Å². The highest BCUT2D eigenvalue weighted by atomic mass is 32.1. The van der Waals surface area contributed by atoms with Crippen molar-refractivity contribution in [1.82, 2.24) is 24.8 Å². The van der Waals surface area contributed by atoms with Crippen LogP contribution in [-0.4, -0.2) is 31.4 Å². The molecular formula is C15H18N6OS. The summed E-state index contributed by atoms with van der Waals surface area (Å²) in [6.07, 6.45) is 2.16. The molecule has 23 heavy (non-hydrogen) atoms. The molecule has 4 heterocycles. The molecule has 0 amide bonds. The van der Waals surface area contributed by atoms with Crippen LogP contribution in [-0.2, 0) is 13.6 Å². The number of aromatic nitrogens is 4. The van der Waals surface area contributed by atoms with E-state index >= 15 is 0 Å².